The van der Waals surface area contributed by atoms with Gasteiger partial charge < -0.3 is 14.8 Å². The van der Waals surface area contributed by atoms with E-state index in [0.29, 0.717) is 37.5 Å². The number of para-hydroxylation sites is 1. The van der Waals surface area contributed by atoms with E-state index in [2.05, 4.69) is 5.32 Å². The van der Waals surface area contributed by atoms with Gasteiger partial charge in [-0.3, -0.25) is 23.7 Å². The summed E-state index contributed by atoms with van der Waals surface area (Å²) in [6.07, 6.45) is -4.84. The topological polar surface area (TPSA) is 107 Å². The van der Waals surface area contributed by atoms with Crippen LogP contribution in [0.3, 0.4) is 0 Å². The highest BCUT2D eigenvalue weighted by Crippen LogP contribution is 2.55. The average Bonchev–Trinajstić information content (AvgIpc) is 3.47. The number of nitrogens with zero attached hydrogens (tertiary/aromatic N) is 2. The fourth-order valence-electron chi connectivity index (χ4n) is 5.68. The maximum absolute atomic E-state index is 14.1. The zero-order valence-electron chi connectivity index (χ0n) is 24.0. The molecule has 0 aliphatic carbocycles. The Kier molecular flexibility index (Phi) is 8.38. The van der Waals surface area contributed by atoms with Crippen LogP contribution in [-0.4, -0.2) is 41.8 Å². The normalized spacial score (nSPS) is 19.1. The van der Waals surface area contributed by atoms with Crippen molar-refractivity contribution >= 4 is 63.8 Å². The highest BCUT2D eigenvalue weighted by atomic mass is 35.5. The van der Waals surface area contributed by atoms with Gasteiger partial charge in [0.2, 0.25) is 17.7 Å². The number of fused-ring (bicyclic) bond motifs is 2. The Morgan fingerprint density at radius 2 is 1.65 bits per heavy atom. The monoisotopic (exact) mass is 689 g/mol. The summed E-state index contributed by atoms with van der Waals surface area (Å²) >= 11 is 7.62. The molecule has 6 rings (SSSR count). The number of aromatic nitrogens is 1. The summed E-state index contributed by atoms with van der Waals surface area (Å²) in [5.74, 6) is -3.64. The predicted molar refractivity (Wildman–Crippen MR) is 167 cm³/mol. The number of imide groups is 1. The summed E-state index contributed by atoms with van der Waals surface area (Å²) in [5, 5.41) is 2.24. The average molecular weight is 690 g/mol. The first-order valence-corrected chi connectivity index (χ1v) is 15.7. The van der Waals surface area contributed by atoms with E-state index >= 15 is 0 Å². The lowest BCUT2D eigenvalue weighted by atomic mass is 9.83. The van der Waals surface area contributed by atoms with Crippen LogP contribution in [0.2, 0.25) is 5.02 Å². The summed E-state index contributed by atoms with van der Waals surface area (Å²) in [6, 6.07) is 15.6. The van der Waals surface area contributed by atoms with Gasteiger partial charge >= 0.3 is 11.0 Å². The highest BCUT2D eigenvalue weighted by molar-refractivity contribution is 8.00. The molecule has 0 saturated carbocycles. The molecular weight excluding hydrogens is 667 g/mol. The van der Waals surface area contributed by atoms with Crippen LogP contribution in [0.25, 0.3) is 0 Å². The summed E-state index contributed by atoms with van der Waals surface area (Å²) in [6.45, 7) is -0.418. The number of anilines is 2. The van der Waals surface area contributed by atoms with Crippen LogP contribution in [0, 0.1) is 5.92 Å². The Bertz CT molecular complexity index is 1930. The third-order valence-electron chi connectivity index (χ3n) is 7.70. The largest absolute Gasteiger partial charge is 0.493 e. The van der Waals surface area contributed by atoms with Crippen molar-refractivity contribution in [2.24, 2.45) is 5.92 Å². The van der Waals surface area contributed by atoms with Crippen LogP contribution < -0.4 is 24.6 Å². The fourth-order valence-corrected chi connectivity index (χ4v) is 8.58. The van der Waals surface area contributed by atoms with Gasteiger partial charge in [-0.1, -0.05) is 52.9 Å². The lowest BCUT2D eigenvalue weighted by molar-refractivity contribution is -0.137. The summed E-state index contributed by atoms with van der Waals surface area (Å²) in [5.41, 5.74) is -0.791. The number of thioether (sulfide) groups is 1. The Morgan fingerprint density at radius 3 is 2.33 bits per heavy atom. The molecule has 1 aromatic heterocycles. The molecule has 46 heavy (non-hydrogen) atoms. The molecule has 2 aliphatic heterocycles. The van der Waals surface area contributed by atoms with Crippen molar-refractivity contribution in [3.63, 3.8) is 0 Å². The zero-order chi connectivity index (χ0) is 32.9. The first-order chi connectivity index (χ1) is 21.9. The van der Waals surface area contributed by atoms with E-state index in [-0.39, 0.29) is 5.03 Å². The molecule has 9 nitrogen and oxygen atoms in total. The van der Waals surface area contributed by atoms with Gasteiger partial charge in [-0.15, -0.1) is 0 Å². The molecule has 3 heterocycles. The maximum Gasteiger partial charge on any atom is 0.418 e. The highest BCUT2D eigenvalue weighted by Gasteiger charge is 2.58. The number of carbonyl (C=O) groups excluding carboxylic acids is 3. The maximum atomic E-state index is 14.1. The number of rotatable bonds is 7. The second-order valence-corrected chi connectivity index (χ2v) is 12.9. The van der Waals surface area contributed by atoms with Gasteiger partial charge in [-0.25, -0.2) is 4.90 Å². The van der Waals surface area contributed by atoms with E-state index in [1.807, 2.05) is 0 Å². The molecule has 0 spiro atoms. The van der Waals surface area contributed by atoms with Crippen molar-refractivity contribution in [1.82, 2.24) is 4.57 Å². The number of methoxy groups -OCH3 is 2. The molecule has 2 unspecified atom stereocenters. The number of ether oxygens (including phenoxy) is 2. The molecule has 1 saturated heterocycles. The van der Waals surface area contributed by atoms with E-state index in [1.54, 1.807) is 42.5 Å². The molecule has 0 radical (unpaired) electrons. The van der Waals surface area contributed by atoms with Crippen molar-refractivity contribution in [1.29, 1.82) is 0 Å². The van der Waals surface area contributed by atoms with E-state index in [9.17, 15) is 32.3 Å². The van der Waals surface area contributed by atoms with Crippen LogP contribution in [0.15, 0.2) is 76.6 Å². The lowest BCUT2D eigenvalue weighted by Crippen LogP contribution is -2.33. The first-order valence-electron chi connectivity index (χ1n) is 13.6. The van der Waals surface area contributed by atoms with Gasteiger partial charge in [-0.05, 0) is 54.1 Å². The molecule has 3 aromatic carbocycles. The number of nitrogens with one attached hydrogen (secondary N) is 1. The Labute approximate surface area is 272 Å². The smallest absolute Gasteiger partial charge is 0.418 e. The minimum atomic E-state index is -4.84. The molecule has 3 amide bonds. The van der Waals surface area contributed by atoms with Crippen LogP contribution in [0.1, 0.15) is 21.9 Å². The number of carbonyl (C=O) groups is 3. The minimum absolute atomic E-state index is 0.273. The van der Waals surface area contributed by atoms with Gasteiger partial charge in [0.05, 0.1) is 36.4 Å². The molecule has 1 N–H and O–H groups in total. The summed E-state index contributed by atoms with van der Waals surface area (Å²) in [4.78, 5) is 55.0. The minimum Gasteiger partial charge on any atom is -0.493 e. The van der Waals surface area contributed by atoms with Crippen molar-refractivity contribution < 1.29 is 37.0 Å². The van der Waals surface area contributed by atoms with E-state index in [0.717, 1.165) is 35.2 Å². The zero-order valence-corrected chi connectivity index (χ0v) is 26.4. The van der Waals surface area contributed by atoms with Gasteiger partial charge in [0.25, 0.3) is 0 Å². The number of benzene rings is 3. The summed E-state index contributed by atoms with van der Waals surface area (Å²) in [7, 11) is 2.86. The van der Waals surface area contributed by atoms with E-state index in [1.165, 1.54) is 30.9 Å². The van der Waals surface area contributed by atoms with Gasteiger partial charge in [0.15, 0.2) is 11.5 Å². The number of amides is 3. The molecule has 3 atom stereocenters. The quantitative estimate of drug-likeness (QED) is 0.236. The Balaban J connectivity index is 1.46. The SMILES string of the molecule is COc1ccc([C@H]2c3sc(=O)n(CC(=O)Nc4ccc(Cl)cc4)c3SC3C(=O)N(c4ccccc4C(F)(F)F)C(=O)C32)cc1OC. The third kappa shape index (κ3) is 5.54. The number of thiazole rings is 1. The van der Waals surface area contributed by atoms with Crippen molar-refractivity contribution in [2.75, 3.05) is 24.4 Å². The van der Waals surface area contributed by atoms with Gasteiger partial charge in [-0.2, -0.15) is 13.2 Å². The molecule has 0 bridgehead atoms. The molecule has 2 aliphatic rings. The summed E-state index contributed by atoms with van der Waals surface area (Å²) < 4.78 is 54.1. The molecular formula is C31H23ClF3N3O6S2. The standard InChI is InChI=1S/C31H23ClF3N3O6S2/c1-43-20-12-7-15(13-21(20)44-2)23-24-25(28(41)38(27(24)40)19-6-4-3-5-18(19)31(33,34)35)45-29-26(23)46-30(42)37(29)14-22(39)36-17-10-8-16(32)9-11-17/h3-13,23-25H,14H2,1-2H3,(H,36,39)/t23-,24?,25?/m1/s1. The predicted octanol–water partition coefficient (Wildman–Crippen LogP) is 6.03. The number of hydrogen-bond acceptors (Lipinski definition) is 8. The van der Waals surface area contributed by atoms with Crippen LogP contribution >= 0.6 is 34.7 Å². The lowest BCUT2D eigenvalue weighted by Gasteiger charge is -2.31. The Morgan fingerprint density at radius 1 is 0.957 bits per heavy atom. The first kappa shape index (κ1) is 31.7. The molecule has 15 heteroatoms. The fraction of sp³-hybridized carbons (Fsp3) is 0.226. The van der Waals surface area contributed by atoms with E-state index < -0.39 is 63.7 Å². The third-order valence-corrected chi connectivity index (χ3v) is 10.6. The van der Waals surface area contributed by atoms with Crippen molar-refractivity contribution in [2.45, 2.75) is 28.9 Å². The number of halogens is 4. The van der Waals surface area contributed by atoms with Gasteiger partial charge in [0, 0.05) is 21.5 Å². The van der Waals surface area contributed by atoms with Crippen LogP contribution in [0.4, 0.5) is 24.5 Å². The van der Waals surface area contributed by atoms with Gasteiger partial charge in [0.1, 0.15) is 11.8 Å². The van der Waals surface area contributed by atoms with E-state index in [4.69, 9.17) is 21.1 Å². The molecule has 1 fully saturated rings. The van der Waals surface area contributed by atoms with Crippen LogP contribution in [0.5, 0.6) is 11.5 Å². The van der Waals surface area contributed by atoms with Crippen molar-refractivity contribution in [3.8, 4) is 11.5 Å². The van der Waals surface area contributed by atoms with Crippen LogP contribution in [-0.2, 0) is 27.1 Å². The molecule has 238 valence electrons. The van der Waals surface area contributed by atoms with Crippen molar-refractivity contribution in [3.05, 3.63) is 97.4 Å². The number of hydrogen-bond donors (Lipinski definition) is 1. The second kappa shape index (κ2) is 12.2. The molecule has 4 aromatic rings. The Hall–Kier alpha value is -4.27. The number of alkyl halides is 3. The second-order valence-electron chi connectivity index (χ2n) is 10.4.